The van der Waals surface area contributed by atoms with Crippen molar-refractivity contribution in [2.75, 3.05) is 7.11 Å². The lowest BCUT2D eigenvalue weighted by molar-refractivity contribution is -0.142. The Morgan fingerprint density at radius 3 is 2.64 bits per heavy atom. The number of benzene rings is 2. The number of hydrogen-bond donors (Lipinski definition) is 0. The maximum absolute atomic E-state index is 12.3. The topological polar surface area (TPSA) is 31.2 Å². The molecule has 0 radical (unpaired) electrons. The fourth-order valence-corrected chi connectivity index (χ4v) is 4.00. The fourth-order valence-electron chi connectivity index (χ4n) is 3.55. The van der Waals surface area contributed by atoms with Gasteiger partial charge in [-0.3, -0.25) is 4.79 Å². The summed E-state index contributed by atoms with van der Waals surface area (Å²) in [5.41, 5.74) is 4.58. The fraction of sp³-hybridized carbons (Fsp3) is 0.286. The molecule has 25 heavy (non-hydrogen) atoms. The van der Waals surface area contributed by atoms with E-state index in [2.05, 4.69) is 51.7 Å². The maximum Gasteiger partial charge on any atom is 0.313 e. The molecule has 0 fully saturated rings. The molecule has 0 spiro atoms. The number of ether oxygens (including phenoxy) is 1. The highest BCUT2D eigenvalue weighted by Crippen LogP contribution is 2.34. The summed E-state index contributed by atoms with van der Waals surface area (Å²) in [6.07, 6.45) is 0.721. The van der Waals surface area contributed by atoms with Gasteiger partial charge in [-0.15, -0.1) is 0 Å². The van der Waals surface area contributed by atoms with Gasteiger partial charge in [-0.25, -0.2) is 0 Å². The van der Waals surface area contributed by atoms with Gasteiger partial charge < -0.3 is 9.30 Å². The Labute approximate surface area is 156 Å². The lowest BCUT2D eigenvalue weighted by Gasteiger charge is -2.14. The number of carbonyl (C=O) groups excluding carboxylic acids is 1. The molecule has 3 rings (SSSR count). The second-order valence-corrected chi connectivity index (χ2v) is 7.13. The lowest BCUT2D eigenvalue weighted by atomic mass is 9.94. The summed E-state index contributed by atoms with van der Waals surface area (Å²) in [4.78, 5) is 12.3. The third-order valence-corrected chi connectivity index (χ3v) is 5.25. The number of rotatable bonds is 5. The average molecular weight is 400 g/mol. The molecule has 0 saturated heterocycles. The maximum atomic E-state index is 12.3. The van der Waals surface area contributed by atoms with E-state index >= 15 is 0 Å². The molecule has 4 heteroatoms. The van der Waals surface area contributed by atoms with Gasteiger partial charge in [0.05, 0.1) is 13.0 Å². The van der Waals surface area contributed by atoms with Crippen LogP contribution in [-0.4, -0.2) is 17.6 Å². The van der Waals surface area contributed by atoms with Gasteiger partial charge in [-0.05, 0) is 42.7 Å². The van der Waals surface area contributed by atoms with E-state index in [0.29, 0.717) is 0 Å². The number of para-hydroxylation sites is 1. The standard InChI is InChI=1S/C21H22BrNO2/c1-4-17(21(24)25-3)20-14(2)23(19-11-6-5-10-18(19)20)13-15-8-7-9-16(22)12-15/h5-12,17H,4,13H2,1-3H3/t17-/m1/s1. The first-order valence-corrected chi connectivity index (χ1v) is 9.26. The zero-order valence-corrected chi connectivity index (χ0v) is 16.3. The van der Waals surface area contributed by atoms with Crippen LogP contribution in [0.3, 0.4) is 0 Å². The van der Waals surface area contributed by atoms with Crippen LogP contribution in [0.1, 0.15) is 36.1 Å². The Hall–Kier alpha value is -2.07. The summed E-state index contributed by atoms with van der Waals surface area (Å²) in [5, 5.41) is 1.13. The van der Waals surface area contributed by atoms with Crippen LogP contribution in [0.25, 0.3) is 10.9 Å². The molecule has 1 aromatic heterocycles. The highest BCUT2D eigenvalue weighted by atomic mass is 79.9. The van der Waals surface area contributed by atoms with E-state index < -0.39 is 0 Å². The molecule has 0 N–H and O–H groups in total. The average Bonchev–Trinajstić information content (AvgIpc) is 2.88. The zero-order valence-electron chi connectivity index (χ0n) is 14.8. The predicted octanol–water partition coefficient (Wildman–Crippen LogP) is 5.43. The van der Waals surface area contributed by atoms with E-state index in [1.54, 1.807) is 0 Å². The first-order chi connectivity index (χ1) is 12.1. The number of nitrogens with zero attached hydrogens (tertiary/aromatic N) is 1. The van der Waals surface area contributed by atoms with Crippen molar-refractivity contribution in [3.05, 3.63) is 69.8 Å². The Morgan fingerprint density at radius 1 is 1.20 bits per heavy atom. The van der Waals surface area contributed by atoms with E-state index in [-0.39, 0.29) is 11.9 Å². The number of hydrogen-bond acceptors (Lipinski definition) is 2. The summed E-state index contributed by atoms with van der Waals surface area (Å²) < 4.78 is 8.41. The van der Waals surface area contributed by atoms with Crippen molar-refractivity contribution in [3.63, 3.8) is 0 Å². The van der Waals surface area contributed by atoms with Gasteiger partial charge in [-0.1, -0.05) is 53.2 Å². The predicted molar refractivity (Wildman–Crippen MR) is 105 cm³/mol. The van der Waals surface area contributed by atoms with E-state index in [1.807, 2.05) is 31.2 Å². The molecule has 3 nitrogen and oxygen atoms in total. The number of aromatic nitrogens is 1. The Kier molecular flexibility index (Phi) is 5.28. The first kappa shape index (κ1) is 17.7. The number of halogens is 1. The van der Waals surface area contributed by atoms with E-state index in [0.717, 1.165) is 39.6 Å². The van der Waals surface area contributed by atoms with Gasteiger partial charge in [0.2, 0.25) is 0 Å². The van der Waals surface area contributed by atoms with Crippen molar-refractivity contribution >= 4 is 32.8 Å². The molecule has 2 aromatic carbocycles. The molecule has 0 saturated carbocycles. The molecule has 0 aliphatic heterocycles. The van der Waals surface area contributed by atoms with Crippen LogP contribution in [0, 0.1) is 6.92 Å². The van der Waals surface area contributed by atoms with Gasteiger partial charge in [-0.2, -0.15) is 0 Å². The monoisotopic (exact) mass is 399 g/mol. The molecular weight excluding hydrogens is 378 g/mol. The summed E-state index contributed by atoms with van der Waals surface area (Å²) in [5.74, 6) is -0.408. The number of carbonyl (C=O) groups is 1. The van der Waals surface area contributed by atoms with Gasteiger partial charge in [0.25, 0.3) is 0 Å². The Morgan fingerprint density at radius 2 is 1.96 bits per heavy atom. The van der Waals surface area contributed by atoms with Crippen molar-refractivity contribution in [3.8, 4) is 0 Å². The van der Waals surface area contributed by atoms with E-state index in [9.17, 15) is 4.79 Å². The minimum Gasteiger partial charge on any atom is -0.469 e. The van der Waals surface area contributed by atoms with Crippen LogP contribution in [-0.2, 0) is 16.1 Å². The van der Waals surface area contributed by atoms with Crippen molar-refractivity contribution in [1.82, 2.24) is 4.57 Å². The normalized spacial score (nSPS) is 12.3. The van der Waals surface area contributed by atoms with Gasteiger partial charge in [0.15, 0.2) is 0 Å². The first-order valence-electron chi connectivity index (χ1n) is 8.46. The van der Waals surface area contributed by atoms with Gasteiger partial charge >= 0.3 is 5.97 Å². The largest absolute Gasteiger partial charge is 0.469 e. The zero-order chi connectivity index (χ0) is 18.0. The SMILES string of the molecule is CC[C@@H](C(=O)OC)c1c(C)n(Cc2cccc(Br)c2)c2ccccc12. The van der Waals surface area contributed by atoms with Crippen molar-refractivity contribution in [1.29, 1.82) is 0 Å². The van der Waals surface area contributed by atoms with Crippen LogP contribution in [0.5, 0.6) is 0 Å². The smallest absolute Gasteiger partial charge is 0.313 e. The second-order valence-electron chi connectivity index (χ2n) is 6.22. The molecule has 0 aliphatic carbocycles. The van der Waals surface area contributed by atoms with Crippen LogP contribution < -0.4 is 0 Å². The number of esters is 1. The van der Waals surface area contributed by atoms with E-state index in [4.69, 9.17) is 4.74 Å². The Bertz CT molecular complexity index is 913. The van der Waals surface area contributed by atoms with Gasteiger partial charge in [0.1, 0.15) is 0 Å². The van der Waals surface area contributed by atoms with Crippen molar-refractivity contribution in [2.45, 2.75) is 32.7 Å². The van der Waals surface area contributed by atoms with Crippen LogP contribution in [0.2, 0.25) is 0 Å². The second kappa shape index (κ2) is 7.44. The minimum atomic E-state index is -0.237. The van der Waals surface area contributed by atoms with E-state index in [1.165, 1.54) is 12.7 Å². The molecular formula is C21H22BrNO2. The number of methoxy groups -OCH3 is 1. The lowest BCUT2D eigenvalue weighted by Crippen LogP contribution is -2.14. The highest BCUT2D eigenvalue weighted by molar-refractivity contribution is 9.10. The van der Waals surface area contributed by atoms with Crippen LogP contribution >= 0.6 is 15.9 Å². The molecule has 1 atom stereocenters. The third kappa shape index (κ3) is 3.36. The molecule has 3 aromatic rings. The molecule has 130 valence electrons. The Balaban J connectivity index is 2.17. The quantitative estimate of drug-likeness (QED) is 0.535. The highest BCUT2D eigenvalue weighted by Gasteiger charge is 2.26. The molecule has 0 bridgehead atoms. The minimum absolute atomic E-state index is 0.170. The summed E-state index contributed by atoms with van der Waals surface area (Å²) in [7, 11) is 1.46. The third-order valence-electron chi connectivity index (χ3n) is 4.75. The summed E-state index contributed by atoms with van der Waals surface area (Å²) in [6, 6.07) is 16.6. The van der Waals surface area contributed by atoms with Crippen molar-refractivity contribution < 1.29 is 9.53 Å². The van der Waals surface area contributed by atoms with Crippen molar-refractivity contribution in [2.24, 2.45) is 0 Å². The van der Waals surface area contributed by atoms with Gasteiger partial charge in [0, 0.05) is 27.6 Å². The summed E-state index contributed by atoms with van der Waals surface area (Å²) in [6.45, 7) is 4.89. The molecule has 0 aliphatic rings. The molecule has 1 heterocycles. The summed E-state index contributed by atoms with van der Waals surface area (Å²) >= 11 is 3.54. The molecule has 0 unspecified atom stereocenters. The molecule has 0 amide bonds. The number of fused-ring (bicyclic) bond motifs is 1. The van der Waals surface area contributed by atoms with Crippen LogP contribution in [0.4, 0.5) is 0 Å². The van der Waals surface area contributed by atoms with Crippen LogP contribution in [0.15, 0.2) is 53.0 Å².